The molecule has 0 radical (unpaired) electrons. The van der Waals surface area contributed by atoms with Gasteiger partial charge in [-0.3, -0.25) is 14.4 Å². The van der Waals surface area contributed by atoms with Gasteiger partial charge >= 0.3 is 11.9 Å². The van der Waals surface area contributed by atoms with Crippen LogP contribution in [0.1, 0.15) is 33.9 Å². The van der Waals surface area contributed by atoms with Gasteiger partial charge < -0.3 is 36.0 Å². The molecule has 0 bridgehead atoms. The lowest BCUT2D eigenvalue weighted by Crippen LogP contribution is -2.40. The second-order valence-corrected chi connectivity index (χ2v) is 8.36. The number of aliphatic hydroxyl groups is 1. The fourth-order valence-electron chi connectivity index (χ4n) is 3.16. The number of carboxylic acids is 2. The monoisotopic (exact) mass is 508 g/mol. The summed E-state index contributed by atoms with van der Waals surface area (Å²) < 4.78 is 0. The average molecular weight is 509 g/mol. The van der Waals surface area contributed by atoms with Crippen LogP contribution in [0.25, 0.3) is 10.9 Å². The fraction of sp³-hybridized carbons (Fsp3) is 0.318. The molecule has 0 spiro atoms. The quantitative estimate of drug-likeness (QED) is 0.276. The predicted octanol–water partition coefficient (Wildman–Crippen LogP) is 0.761. The molecule has 0 saturated heterocycles. The minimum Gasteiger partial charge on any atom is -0.481 e. The lowest BCUT2D eigenvalue weighted by molar-refractivity contribution is -0.140. The number of nitrogens with one attached hydrogen (secondary N) is 2. The van der Waals surface area contributed by atoms with E-state index in [1.54, 1.807) is 31.2 Å². The molecule has 0 aliphatic rings. The SMILES string of the molecule is CO.Cc1nc2ccc(CN(C)c3ccc(C(=O)NC(CCC(=O)O)C(=O)O)s3)cc2c(=O)[nH]1.O. The van der Waals surface area contributed by atoms with Gasteiger partial charge in [0.15, 0.2) is 0 Å². The van der Waals surface area contributed by atoms with Crippen molar-refractivity contribution < 1.29 is 35.2 Å². The summed E-state index contributed by atoms with van der Waals surface area (Å²) in [6, 6.07) is 7.49. The molecule has 0 aliphatic carbocycles. The lowest BCUT2D eigenvalue weighted by Gasteiger charge is -2.17. The Morgan fingerprint density at radius 3 is 2.49 bits per heavy atom. The Hall–Kier alpha value is -3.81. The molecule has 3 rings (SSSR count). The number of carboxylic acid groups (broad SMARTS) is 2. The second kappa shape index (κ2) is 13.2. The van der Waals surface area contributed by atoms with E-state index in [9.17, 15) is 24.3 Å². The maximum Gasteiger partial charge on any atom is 0.326 e. The van der Waals surface area contributed by atoms with Crippen LogP contribution in [0.5, 0.6) is 0 Å². The fourth-order valence-corrected chi connectivity index (χ4v) is 4.03. The summed E-state index contributed by atoms with van der Waals surface area (Å²) in [4.78, 5) is 55.8. The summed E-state index contributed by atoms with van der Waals surface area (Å²) in [7, 11) is 2.84. The number of H-pyrrole nitrogens is 1. The Morgan fingerprint density at radius 1 is 1.17 bits per heavy atom. The first-order valence-corrected chi connectivity index (χ1v) is 11.0. The van der Waals surface area contributed by atoms with E-state index < -0.39 is 23.9 Å². The number of amides is 1. The Morgan fingerprint density at radius 2 is 1.86 bits per heavy atom. The molecular formula is C22H28N4O8S. The molecule has 12 nitrogen and oxygen atoms in total. The zero-order chi connectivity index (χ0) is 25.4. The topological polar surface area (TPSA) is 204 Å². The van der Waals surface area contributed by atoms with Crippen molar-refractivity contribution in [2.75, 3.05) is 19.1 Å². The van der Waals surface area contributed by atoms with E-state index >= 15 is 0 Å². The predicted molar refractivity (Wildman–Crippen MR) is 131 cm³/mol. The van der Waals surface area contributed by atoms with Crippen LogP contribution in [0.15, 0.2) is 35.1 Å². The van der Waals surface area contributed by atoms with E-state index in [4.69, 9.17) is 10.2 Å². The number of nitrogens with zero attached hydrogens (tertiary/aromatic N) is 2. The summed E-state index contributed by atoms with van der Waals surface area (Å²) in [6.07, 6.45) is -0.566. The van der Waals surface area contributed by atoms with Gasteiger partial charge in [0.25, 0.3) is 11.5 Å². The number of anilines is 1. The van der Waals surface area contributed by atoms with Gasteiger partial charge in [-0.2, -0.15) is 0 Å². The van der Waals surface area contributed by atoms with Crippen LogP contribution < -0.4 is 15.8 Å². The van der Waals surface area contributed by atoms with E-state index in [0.29, 0.717) is 28.1 Å². The van der Waals surface area contributed by atoms with Crippen LogP contribution in [-0.4, -0.2) is 68.8 Å². The minimum absolute atomic E-state index is 0. The average Bonchev–Trinajstić information content (AvgIpc) is 3.28. The van der Waals surface area contributed by atoms with E-state index in [1.807, 2.05) is 18.0 Å². The maximum absolute atomic E-state index is 12.4. The van der Waals surface area contributed by atoms with Crippen molar-refractivity contribution in [1.82, 2.24) is 15.3 Å². The third kappa shape index (κ3) is 7.88. The molecule has 35 heavy (non-hydrogen) atoms. The number of fused-ring (bicyclic) bond motifs is 1. The highest BCUT2D eigenvalue weighted by atomic mass is 32.1. The number of rotatable bonds is 9. The van der Waals surface area contributed by atoms with Crippen molar-refractivity contribution in [3.63, 3.8) is 0 Å². The highest BCUT2D eigenvalue weighted by Crippen LogP contribution is 2.27. The van der Waals surface area contributed by atoms with Gasteiger partial charge in [0.1, 0.15) is 11.9 Å². The van der Waals surface area contributed by atoms with Crippen LogP contribution in [0.3, 0.4) is 0 Å². The largest absolute Gasteiger partial charge is 0.481 e. The first kappa shape index (κ1) is 29.2. The van der Waals surface area contributed by atoms with Gasteiger partial charge in [0, 0.05) is 27.1 Å². The number of aliphatic carboxylic acids is 2. The molecular weight excluding hydrogens is 480 g/mol. The highest BCUT2D eigenvalue weighted by molar-refractivity contribution is 7.17. The van der Waals surface area contributed by atoms with Gasteiger partial charge in [-0.25, -0.2) is 9.78 Å². The first-order valence-electron chi connectivity index (χ1n) is 10.1. The number of aromatic amines is 1. The van der Waals surface area contributed by atoms with Crippen LogP contribution >= 0.6 is 11.3 Å². The van der Waals surface area contributed by atoms with Crippen LogP contribution in [0, 0.1) is 6.92 Å². The number of aryl methyl sites for hydroxylation is 1. The normalized spacial score (nSPS) is 11.0. The summed E-state index contributed by atoms with van der Waals surface area (Å²) in [5.74, 6) is -2.45. The van der Waals surface area contributed by atoms with Gasteiger partial charge in [0.2, 0.25) is 0 Å². The summed E-state index contributed by atoms with van der Waals surface area (Å²) >= 11 is 1.18. The molecule has 2 heterocycles. The molecule has 0 aliphatic heterocycles. The van der Waals surface area contributed by atoms with Crippen molar-refractivity contribution in [2.45, 2.75) is 32.4 Å². The van der Waals surface area contributed by atoms with Gasteiger partial charge in [-0.15, -0.1) is 11.3 Å². The van der Waals surface area contributed by atoms with Crippen molar-refractivity contribution in [3.8, 4) is 0 Å². The Kier molecular flexibility index (Phi) is 11.0. The lowest BCUT2D eigenvalue weighted by atomic mass is 10.1. The Balaban J connectivity index is 0.00000199. The molecule has 2 aromatic heterocycles. The Labute approximate surface area is 204 Å². The van der Waals surface area contributed by atoms with Crippen LogP contribution in [-0.2, 0) is 16.1 Å². The molecule has 1 unspecified atom stereocenters. The van der Waals surface area contributed by atoms with Gasteiger partial charge in [-0.1, -0.05) is 6.07 Å². The summed E-state index contributed by atoms with van der Waals surface area (Å²) in [5.41, 5.74) is 1.29. The van der Waals surface area contributed by atoms with Gasteiger partial charge in [0.05, 0.1) is 20.8 Å². The molecule has 1 aromatic carbocycles. The molecule has 1 atom stereocenters. The van der Waals surface area contributed by atoms with E-state index in [-0.39, 0.29) is 23.9 Å². The smallest absolute Gasteiger partial charge is 0.326 e. The van der Waals surface area contributed by atoms with Crippen molar-refractivity contribution in [3.05, 3.63) is 57.0 Å². The second-order valence-electron chi connectivity index (χ2n) is 7.29. The van der Waals surface area contributed by atoms with Crippen molar-refractivity contribution in [2.24, 2.45) is 0 Å². The number of thiophene rings is 1. The van der Waals surface area contributed by atoms with E-state index in [0.717, 1.165) is 17.7 Å². The molecule has 7 N–H and O–H groups in total. The number of aliphatic hydroxyl groups excluding tert-OH is 1. The number of carbonyl (C=O) groups is 3. The van der Waals surface area contributed by atoms with Crippen LogP contribution in [0.2, 0.25) is 0 Å². The molecule has 1 amide bonds. The number of aromatic nitrogens is 2. The van der Waals surface area contributed by atoms with E-state index in [1.165, 1.54) is 11.3 Å². The number of benzene rings is 1. The third-order valence-corrected chi connectivity index (χ3v) is 5.95. The number of hydrogen-bond donors (Lipinski definition) is 5. The summed E-state index contributed by atoms with van der Waals surface area (Å²) in [6.45, 7) is 2.19. The molecule has 3 aromatic rings. The third-order valence-electron chi connectivity index (χ3n) is 4.75. The number of hydrogen-bond acceptors (Lipinski definition) is 8. The van der Waals surface area contributed by atoms with Gasteiger partial charge in [-0.05, 0) is 43.2 Å². The maximum atomic E-state index is 12.4. The Bertz CT molecular complexity index is 1240. The molecule has 190 valence electrons. The molecule has 13 heteroatoms. The van der Waals surface area contributed by atoms with E-state index in [2.05, 4.69) is 15.3 Å². The minimum atomic E-state index is -1.29. The zero-order valence-electron chi connectivity index (χ0n) is 19.4. The molecule has 0 fully saturated rings. The number of carbonyl (C=O) groups excluding carboxylic acids is 1. The zero-order valence-corrected chi connectivity index (χ0v) is 20.2. The van der Waals surface area contributed by atoms with Crippen molar-refractivity contribution in [1.29, 1.82) is 0 Å². The van der Waals surface area contributed by atoms with Crippen LogP contribution in [0.4, 0.5) is 5.00 Å². The standard InChI is InChI=1S/C21H22N4O6S.CH4O.H2O/c1-11-22-14-4-3-12(9-13(14)19(28)23-11)10-25(2)17-7-6-16(32-17)20(29)24-15(21(30)31)5-8-18(26)27;1-2;/h3-4,6-7,9,15H,5,8,10H2,1-2H3,(H,24,29)(H,26,27)(H,30,31)(H,22,23,28);2H,1H3;1H2. The molecule has 0 saturated carbocycles. The summed E-state index contributed by atoms with van der Waals surface area (Å²) in [5, 5.41) is 28.6. The highest BCUT2D eigenvalue weighted by Gasteiger charge is 2.22. The first-order chi connectivity index (χ1) is 16.1. The van der Waals surface area contributed by atoms with Crippen molar-refractivity contribution >= 4 is 45.1 Å².